The second-order valence-electron chi connectivity index (χ2n) is 7.26. The smallest absolute Gasteiger partial charge is 0.0309 e. The summed E-state index contributed by atoms with van der Waals surface area (Å²) in [6.45, 7) is 7.22. The summed E-state index contributed by atoms with van der Waals surface area (Å²) in [5.74, 6) is 0. The van der Waals surface area contributed by atoms with Crippen molar-refractivity contribution in [3.05, 3.63) is 35.9 Å². The molecule has 1 aromatic rings. The van der Waals surface area contributed by atoms with Crippen LogP contribution in [-0.4, -0.2) is 35.6 Å². The van der Waals surface area contributed by atoms with Crippen molar-refractivity contribution in [1.82, 2.24) is 10.2 Å². The van der Waals surface area contributed by atoms with Crippen molar-refractivity contribution in [3.8, 4) is 0 Å². The number of aryl methyl sites for hydroxylation is 1. The Morgan fingerprint density at radius 3 is 2.67 bits per heavy atom. The van der Waals surface area contributed by atoms with E-state index in [4.69, 9.17) is 0 Å². The minimum Gasteiger partial charge on any atom is -0.308 e. The van der Waals surface area contributed by atoms with Crippen LogP contribution in [0.2, 0.25) is 0 Å². The quantitative estimate of drug-likeness (QED) is 0.909. The van der Waals surface area contributed by atoms with E-state index < -0.39 is 0 Å². The topological polar surface area (TPSA) is 15.3 Å². The molecule has 1 N–H and O–H groups in total. The molecule has 2 atom stereocenters. The first-order valence-corrected chi connectivity index (χ1v) is 8.73. The number of hydrogen-bond acceptors (Lipinski definition) is 2. The third kappa shape index (κ3) is 3.49. The molecule has 0 amide bonds. The van der Waals surface area contributed by atoms with Crippen molar-refractivity contribution in [2.45, 2.75) is 70.0 Å². The zero-order valence-corrected chi connectivity index (χ0v) is 13.6. The zero-order chi connectivity index (χ0) is 14.7. The minimum absolute atomic E-state index is 0.438. The molecular formula is C19H30N2. The van der Waals surface area contributed by atoms with E-state index in [9.17, 15) is 0 Å². The zero-order valence-electron chi connectivity index (χ0n) is 13.6. The third-order valence-corrected chi connectivity index (χ3v) is 5.64. The average Bonchev–Trinajstić information content (AvgIpc) is 2.97. The molecule has 2 unspecified atom stereocenters. The molecule has 0 aromatic heterocycles. The van der Waals surface area contributed by atoms with Gasteiger partial charge < -0.3 is 5.32 Å². The lowest BCUT2D eigenvalue weighted by atomic mass is 9.91. The maximum atomic E-state index is 3.86. The van der Waals surface area contributed by atoms with Gasteiger partial charge in [0.1, 0.15) is 0 Å². The second-order valence-corrected chi connectivity index (χ2v) is 7.26. The molecule has 2 nitrogen and oxygen atoms in total. The third-order valence-electron chi connectivity index (χ3n) is 5.64. The van der Waals surface area contributed by atoms with Crippen molar-refractivity contribution in [2.24, 2.45) is 0 Å². The van der Waals surface area contributed by atoms with E-state index in [2.05, 4.69) is 54.4 Å². The molecule has 3 rings (SSSR count). The van der Waals surface area contributed by atoms with Crippen molar-refractivity contribution < 1.29 is 0 Å². The Balaban J connectivity index is 1.58. The highest BCUT2D eigenvalue weighted by molar-refractivity contribution is 5.14. The van der Waals surface area contributed by atoms with Gasteiger partial charge >= 0.3 is 0 Å². The van der Waals surface area contributed by atoms with Crippen LogP contribution in [0, 0.1) is 0 Å². The SMILES string of the molecule is CC(CCc1ccccc1)N1CC2(CCCC2)NCC1C. The van der Waals surface area contributed by atoms with Crippen molar-refractivity contribution in [2.75, 3.05) is 13.1 Å². The summed E-state index contributed by atoms with van der Waals surface area (Å²) in [5.41, 5.74) is 1.91. The highest BCUT2D eigenvalue weighted by atomic mass is 15.3. The molecule has 1 aromatic carbocycles. The highest BCUT2D eigenvalue weighted by Gasteiger charge is 2.40. The van der Waals surface area contributed by atoms with Crippen LogP contribution in [0.1, 0.15) is 51.5 Å². The van der Waals surface area contributed by atoms with E-state index in [-0.39, 0.29) is 0 Å². The number of hydrogen-bond donors (Lipinski definition) is 1. The van der Waals surface area contributed by atoms with Gasteiger partial charge in [-0.25, -0.2) is 0 Å². The molecule has 21 heavy (non-hydrogen) atoms. The maximum absolute atomic E-state index is 3.86. The van der Waals surface area contributed by atoms with Crippen molar-refractivity contribution >= 4 is 0 Å². The number of nitrogens with one attached hydrogen (secondary N) is 1. The number of rotatable bonds is 4. The molecule has 2 heteroatoms. The van der Waals surface area contributed by atoms with Crippen LogP contribution >= 0.6 is 0 Å². The van der Waals surface area contributed by atoms with Gasteiger partial charge in [0.05, 0.1) is 0 Å². The predicted octanol–water partition coefficient (Wildman–Crippen LogP) is 3.61. The van der Waals surface area contributed by atoms with Crippen molar-refractivity contribution in [1.29, 1.82) is 0 Å². The maximum Gasteiger partial charge on any atom is 0.0309 e. The van der Waals surface area contributed by atoms with Crippen LogP contribution in [0.4, 0.5) is 0 Å². The van der Waals surface area contributed by atoms with E-state index in [1.54, 1.807) is 0 Å². The Bertz CT molecular complexity index is 436. The first-order chi connectivity index (χ1) is 10.2. The van der Waals surface area contributed by atoms with E-state index in [1.807, 2.05) is 0 Å². The number of piperazine rings is 1. The van der Waals surface area contributed by atoms with Crippen LogP contribution in [0.5, 0.6) is 0 Å². The molecule has 1 spiro atoms. The molecule has 116 valence electrons. The van der Waals surface area contributed by atoms with Gasteiger partial charge in [-0.05, 0) is 45.1 Å². The summed E-state index contributed by atoms with van der Waals surface area (Å²) in [7, 11) is 0. The normalized spacial score (nSPS) is 27.0. The van der Waals surface area contributed by atoms with E-state index in [0.717, 1.165) is 6.54 Å². The minimum atomic E-state index is 0.438. The van der Waals surface area contributed by atoms with E-state index in [1.165, 1.54) is 50.6 Å². The second kappa shape index (κ2) is 6.50. The largest absolute Gasteiger partial charge is 0.308 e. The predicted molar refractivity (Wildman–Crippen MR) is 89.6 cm³/mol. The summed E-state index contributed by atoms with van der Waals surface area (Å²) < 4.78 is 0. The van der Waals surface area contributed by atoms with Gasteiger partial charge in [0.2, 0.25) is 0 Å². The molecule has 1 saturated carbocycles. The Kier molecular flexibility index (Phi) is 4.66. The van der Waals surface area contributed by atoms with Crippen LogP contribution < -0.4 is 5.32 Å². The van der Waals surface area contributed by atoms with Crippen LogP contribution in [-0.2, 0) is 6.42 Å². The molecule has 2 aliphatic rings. The average molecular weight is 286 g/mol. The summed E-state index contributed by atoms with van der Waals surface area (Å²) in [6.07, 6.45) is 8.04. The van der Waals surface area contributed by atoms with Crippen LogP contribution in [0.15, 0.2) is 30.3 Å². The first kappa shape index (κ1) is 15.1. The molecule has 0 radical (unpaired) electrons. The summed E-state index contributed by atoms with van der Waals surface area (Å²) in [4.78, 5) is 2.77. The number of benzene rings is 1. The first-order valence-electron chi connectivity index (χ1n) is 8.73. The fourth-order valence-corrected chi connectivity index (χ4v) is 4.21. The van der Waals surface area contributed by atoms with Crippen LogP contribution in [0.3, 0.4) is 0 Å². The molecule has 0 bridgehead atoms. The highest BCUT2D eigenvalue weighted by Crippen LogP contribution is 2.34. The Morgan fingerprint density at radius 1 is 1.24 bits per heavy atom. The molecule has 2 fully saturated rings. The van der Waals surface area contributed by atoms with E-state index >= 15 is 0 Å². The summed E-state index contributed by atoms with van der Waals surface area (Å²) in [6, 6.07) is 12.3. The van der Waals surface area contributed by atoms with Gasteiger partial charge in [0.15, 0.2) is 0 Å². The Labute approximate surface area is 129 Å². The molecule has 1 saturated heterocycles. The summed E-state index contributed by atoms with van der Waals surface area (Å²) in [5, 5.41) is 3.86. The molecule has 1 aliphatic heterocycles. The lowest BCUT2D eigenvalue weighted by molar-refractivity contribution is 0.0537. The Hall–Kier alpha value is -0.860. The lowest BCUT2D eigenvalue weighted by Crippen LogP contribution is -2.64. The Morgan fingerprint density at radius 2 is 1.95 bits per heavy atom. The van der Waals surface area contributed by atoms with Gasteiger partial charge in [-0.3, -0.25) is 4.90 Å². The fraction of sp³-hybridized carbons (Fsp3) is 0.684. The molecular weight excluding hydrogens is 256 g/mol. The lowest BCUT2D eigenvalue weighted by Gasteiger charge is -2.48. The molecule has 1 aliphatic carbocycles. The standard InChI is InChI=1S/C19H30N2/c1-16(10-11-18-8-4-3-5-9-18)21-15-19(12-6-7-13-19)20-14-17(21)2/h3-5,8-9,16-17,20H,6-7,10-15H2,1-2H3. The number of nitrogens with zero attached hydrogens (tertiary/aromatic N) is 1. The van der Waals surface area contributed by atoms with Gasteiger partial charge in [0.25, 0.3) is 0 Å². The monoisotopic (exact) mass is 286 g/mol. The summed E-state index contributed by atoms with van der Waals surface area (Å²) >= 11 is 0. The van der Waals surface area contributed by atoms with Gasteiger partial charge in [-0.2, -0.15) is 0 Å². The van der Waals surface area contributed by atoms with Crippen molar-refractivity contribution in [3.63, 3.8) is 0 Å². The van der Waals surface area contributed by atoms with Gasteiger partial charge in [-0.15, -0.1) is 0 Å². The van der Waals surface area contributed by atoms with Crippen LogP contribution in [0.25, 0.3) is 0 Å². The fourth-order valence-electron chi connectivity index (χ4n) is 4.21. The van der Waals surface area contributed by atoms with Gasteiger partial charge in [0, 0.05) is 30.7 Å². The van der Waals surface area contributed by atoms with E-state index in [0.29, 0.717) is 17.6 Å². The van der Waals surface area contributed by atoms with Gasteiger partial charge in [-0.1, -0.05) is 43.2 Å². The molecule has 1 heterocycles.